The van der Waals surface area contributed by atoms with E-state index in [9.17, 15) is 4.79 Å². The van der Waals surface area contributed by atoms with Gasteiger partial charge in [0.15, 0.2) is 0 Å². The van der Waals surface area contributed by atoms with Crippen molar-refractivity contribution in [2.75, 3.05) is 13.1 Å². The molecule has 0 saturated carbocycles. The fraction of sp³-hybridized carbons (Fsp3) is 0.833. The lowest BCUT2D eigenvalue weighted by Crippen LogP contribution is -2.48. The van der Waals surface area contributed by atoms with Crippen molar-refractivity contribution < 1.29 is 4.79 Å². The number of fused-ring (bicyclic) bond motifs is 2. The number of likely N-dealkylation sites (tertiary alicyclic amines) is 1. The highest BCUT2D eigenvalue weighted by molar-refractivity contribution is 5.73. The van der Waals surface area contributed by atoms with Gasteiger partial charge in [0, 0.05) is 25.2 Å². The molecule has 0 radical (unpaired) electrons. The predicted molar refractivity (Wildman–Crippen MR) is 36.5 cm³/mol. The molecule has 2 heterocycles. The molecule has 2 aliphatic rings. The first-order chi connectivity index (χ1) is 4.77. The van der Waals surface area contributed by atoms with Gasteiger partial charge < -0.3 is 16.0 Å². The van der Waals surface area contributed by atoms with Crippen LogP contribution in [0.25, 0.3) is 0 Å². The number of amides is 2. The Morgan fingerprint density at radius 2 is 2.50 bits per heavy atom. The van der Waals surface area contributed by atoms with Crippen molar-refractivity contribution in [3.05, 3.63) is 0 Å². The van der Waals surface area contributed by atoms with E-state index in [1.165, 1.54) is 0 Å². The normalized spacial score (nSPS) is 37.0. The molecule has 0 aromatic carbocycles. The molecule has 2 bridgehead atoms. The number of urea groups is 1. The first-order valence-electron chi connectivity index (χ1n) is 3.57. The topological polar surface area (TPSA) is 58.4 Å². The molecule has 3 N–H and O–H groups in total. The van der Waals surface area contributed by atoms with Crippen molar-refractivity contribution in [3.63, 3.8) is 0 Å². The van der Waals surface area contributed by atoms with Crippen LogP contribution in [0.15, 0.2) is 0 Å². The molecule has 0 aromatic rings. The van der Waals surface area contributed by atoms with Crippen LogP contribution in [0.2, 0.25) is 0 Å². The summed E-state index contributed by atoms with van der Waals surface area (Å²) in [5.74, 6) is 0. The molecule has 4 heteroatoms. The maximum absolute atomic E-state index is 10.7. The molecule has 0 spiro atoms. The molecule has 2 saturated heterocycles. The molecule has 2 rings (SSSR count). The Hall–Kier alpha value is -0.770. The average Bonchev–Trinajstić information content (AvgIpc) is 2.44. The summed E-state index contributed by atoms with van der Waals surface area (Å²) >= 11 is 0. The zero-order chi connectivity index (χ0) is 7.14. The van der Waals surface area contributed by atoms with Crippen molar-refractivity contribution in [2.24, 2.45) is 5.73 Å². The summed E-state index contributed by atoms with van der Waals surface area (Å²) in [4.78, 5) is 12.5. The standard InChI is InChI=1S/C6H11N3O/c7-6(10)9-3-4-1-5(9)2-8-4/h4-5,8H,1-3H2,(H2,7,10)/t4?,5-/m0/s1. The van der Waals surface area contributed by atoms with Gasteiger partial charge in [-0.05, 0) is 6.42 Å². The maximum Gasteiger partial charge on any atom is 0.315 e. The van der Waals surface area contributed by atoms with E-state index in [4.69, 9.17) is 5.73 Å². The summed E-state index contributed by atoms with van der Waals surface area (Å²) < 4.78 is 0. The van der Waals surface area contributed by atoms with Gasteiger partial charge in [0.1, 0.15) is 0 Å². The van der Waals surface area contributed by atoms with Crippen molar-refractivity contribution in [1.29, 1.82) is 0 Å². The van der Waals surface area contributed by atoms with Gasteiger partial charge in [0.05, 0.1) is 0 Å². The number of rotatable bonds is 0. The molecule has 56 valence electrons. The van der Waals surface area contributed by atoms with Crippen LogP contribution in [0, 0.1) is 0 Å². The number of carbonyl (C=O) groups is 1. The molecular formula is C6H11N3O. The Morgan fingerprint density at radius 1 is 1.70 bits per heavy atom. The highest BCUT2D eigenvalue weighted by Crippen LogP contribution is 2.22. The third-order valence-electron chi connectivity index (χ3n) is 2.34. The number of piperazine rings is 1. The highest BCUT2D eigenvalue weighted by atomic mass is 16.2. The number of hydrogen-bond acceptors (Lipinski definition) is 2. The third kappa shape index (κ3) is 0.686. The molecule has 2 amide bonds. The zero-order valence-electron chi connectivity index (χ0n) is 5.71. The molecule has 4 nitrogen and oxygen atoms in total. The van der Waals surface area contributed by atoms with Crippen molar-refractivity contribution in [3.8, 4) is 0 Å². The summed E-state index contributed by atoms with van der Waals surface area (Å²) in [5, 5.41) is 3.29. The fourth-order valence-corrected chi connectivity index (χ4v) is 1.83. The van der Waals surface area contributed by atoms with Gasteiger partial charge in [0.25, 0.3) is 0 Å². The number of nitrogens with zero attached hydrogens (tertiary/aromatic N) is 1. The van der Waals surface area contributed by atoms with E-state index in [0.29, 0.717) is 12.1 Å². The smallest absolute Gasteiger partial charge is 0.315 e. The number of carbonyl (C=O) groups excluding carboxylic acids is 1. The van der Waals surface area contributed by atoms with Gasteiger partial charge in [-0.1, -0.05) is 0 Å². The number of nitrogens with one attached hydrogen (secondary N) is 1. The minimum absolute atomic E-state index is 0.269. The molecular weight excluding hydrogens is 130 g/mol. The van der Waals surface area contributed by atoms with Crippen molar-refractivity contribution >= 4 is 6.03 Å². The van der Waals surface area contributed by atoms with Crippen LogP contribution in [0.4, 0.5) is 4.79 Å². The van der Waals surface area contributed by atoms with Crippen LogP contribution in [-0.2, 0) is 0 Å². The minimum Gasteiger partial charge on any atom is -0.351 e. The Bertz CT molecular complexity index is 170. The number of primary amides is 1. The second-order valence-corrected chi connectivity index (χ2v) is 2.99. The van der Waals surface area contributed by atoms with E-state index in [1.54, 1.807) is 4.90 Å². The molecule has 2 fully saturated rings. The maximum atomic E-state index is 10.7. The van der Waals surface area contributed by atoms with Crippen LogP contribution in [0.1, 0.15) is 6.42 Å². The van der Waals surface area contributed by atoms with Crippen LogP contribution < -0.4 is 11.1 Å². The highest BCUT2D eigenvalue weighted by Gasteiger charge is 2.39. The Labute approximate surface area is 59.4 Å². The fourth-order valence-electron chi connectivity index (χ4n) is 1.83. The quantitative estimate of drug-likeness (QED) is 0.460. The third-order valence-corrected chi connectivity index (χ3v) is 2.34. The van der Waals surface area contributed by atoms with Gasteiger partial charge in [-0.2, -0.15) is 0 Å². The largest absolute Gasteiger partial charge is 0.351 e. The van der Waals surface area contributed by atoms with Crippen LogP contribution in [-0.4, -0.2) is 36.1 Å². The lowest BCUT2D eigenvalue weighted by atomic mass is 10.2. The summed E-state index contributed by atoms with van der Waals surface area (Å²) in [6.07, 6.45) is 1.09. The Balaban J connectivity index is 2.08. The van der Waals surface area contributed by atoms with E-state index < -0.39 is 0 Å². The molecule has 0 aliphatic carbocycles. The SMILES string of the molecule is NC(=O)N1CC2C[C@H]1CN2. The number of hydrogen-bond donors (Lipinski definition) is 2. The summed E-state index contributed by atoms with van der Waals surface area (Å²) in [6, 6.07) is 0.619. The monoisotopic (exact) mass is 141 g/mol. The second kappa shape index (κ2) is 1.85. The molecule has 2 atom stereocenters. The van der Waals surface area contributed by atoms with Crippen molar-refractivity contribution in [1.82, 2.24) is 10.2 Å². The van der Waals surface area contributed by atoms with Crippen LogP contribution in [0.5, 0.6) is 0 Å². The van der Waals surface area contributed by atoms with E-state index >= 15 is 0 Å². The van der Waals surface area contributed by atoms with Gasteiger partial charge in [-0.25, -0.2) is 4.79 Å². The van der Waals surface area contributed by atoms with Crippen LogP contribution in [0.3, 0.4) is 0 Å². The van der Waals surface area contributed by atoms with Crippen LogP contribution >= 0.6 is 0 Å². The van der Waals surface area contributed by atoms with E-state index in [1.807, 2.05) is 0 Å². The molecule has 2 aliphatic heterocycles. The zero-order valence-corrected chi connectivity index (χ0v) is 5.71. The average molecular weight is 141 g/mol. The van der Waals surface area contributed by atoms with E-state index in [-0.39, 0.29) is 6.03 Å². The summed E-state index contributed by atoms with van der Waals surface area (Å²) in [5.41, 5.74) is 5.14. The molecule has 0 aromatic heterocycles. The van der Waals surface area contributed by atoms with E-state index in [0.717, 1.165) is 19.5 Å². The second-order valence-electron chi connectivity index (χ2n) is 2.99. The lowest BCUT2D eigenvalue weighted by molar-refractivity contribution is 0.194. The summed E-state index contributed by atoms with van der Waals surface area (Å²) in [7, 11) is 0. The minimum atomic E-state index is -0.269. The van der Waals surface area contributed by atoms with Gasteiger partial charge in [-0.3, -0.25) is 0 Å². The van der Waals surface area contributed by atoms with E-state index in [2.05, 4.69) is 5.32 Å². The number of nitrogens with two attached hydrogens (primary N) is 1. The van der Waals surface area contributed by atoms with Gasteiger partial charge in [0.2, 0.25) is 0 Å². The summed E-state index contributed by atoms with van der Waals surface area (Å²) in [6.45, 7) is 1.73. The first-order valence-corrected chi connectivity index (χ1v) is 3.57. The van der Waals surface area contributed by atoms with Crippen molar-refractivity contribution in [2.45, 2.75) is 18.5 Å². The lowest BCUT2D eigenvalue weighted by Gasteiger charge is -2.25. The Kier molecular flexibility index (Phi) is 1.11. The van der Waals surface area contributed by atoms with Gasteiger partial charge in [-0.15, -0.1) is 0 Å². The van der Waals surface area contributed by atoms with Gasteiger partial charge >= 0.3 is 6.03 Å². The Morgan fingerprint density at radius 3 is 2.80 bits per heavy atom. The molecule has 1 unspecified atom stereocenters. The first kappa shape index (κ1) is 5.97. The molecule has 10 heavy (non-hydrogen) atoms. The predicted octanol–water partition coefficient (Wildman–Crippen LogP) is -0.889.